The van der Waals surface area contributed by atoms with Gasteiger partial charge >= 0.3 is 0 Å². The van der Waals surface area contributed by atoms with Gasteiger partial charge in [0.2, 0.25) is 0 Å². The average Bonchev–Trinajstić information content (AvgIpc) is 2.42. The van der Waals surface area contributed by atoms with Gasteiger partial charge in [-0.3, -0.25) is 0 Å². The summed E-state index contributed by atoms with van der Waals surface area (Å²) < 4.78 is 11.2. The highest BCUT2D eigenvalue weighted by Gasteiger charge is 2.15. The molecule has 0 bridgehead atoms. The second-order valence-electron chi connectivity index (χ2n) is 4.06. The van der Waals surface area contributed by atoms with E-state index in [-0.39, 0.29) is 6.61 Å². The lowest BCUT2D eigenvalue weighted by atomic mass is 10.2. The molecule has 0 amide bonds. The number of hydrogen-bond donors (Lipinski definition) is 2. The van der Waals surface area contributed by atoms with Gasteiger partial charge in [0.15, 0.2) is 11.5 Å². The minimum Gasteiger partial charge on any atom is -0.486 e. The Hall–Kier alpha value is -0.910. The van der Waals surface area contributed by atoms with Crippen LogP contribution >= 0.6 is 11.8 Å². The van der Waals surface area contributed by atoms with Crippen LogP contribution in [0.3, 0.4) is 0 Å². The van der Waals surface area contributed by atoms with E-state index in [1.54, 1.807) is 11.8 Å². The van der Waals surface area contributed by atoms with Crippen molar-refractivity contribution in [3.63, 3.8) is 0 Å². The average molecular weight is 269 g/mol. The first-order valence-electron chi connectivity index (χ1n) is 6.13. The summed E-state index contributed by atoms with van der Waals surface area (Å²) in [5.41, 5.74) is 1.21. The van der Waals surface area contributed by atoms with Gasteiger partial charge in [-0.05, 0) is 36.9 Å². The number of nitrogens with one attached hydrogen (secondary N) is 1. The van der Waals surface area contributed by atoms with Crippen LogP contribution in [0, 0.1) is 0 Å². The summed E-state index contributed by atoms with van der Waals surface area (Å²) in [6.07, 6.45) is 2.84. The molecule has 1 heterocycles. The lowest BCUT2D eigenvalue weighted by Gasteiger charge is -2.20. The molecule has 2 N–H and O–H groups in total. The van der Waals surface area contributed by atoms with Crippen LogP contribution in [0.1, 0.15) is 12.0 Å². The summed E-state index contributed by atoms with van der Waals surface area (Å²) in [5.74, 6) is 1.67. The Labute approximate surface area is 112 Å². The minimum atomic E-state index is 0.226. The van der Waals surface area contributed by atoms with Crippen molar-refractivity contribution >= 4 is 11.8 Å². The number of aliphatic hydroxyl groups excluding tert-OH is 1. The molecule has 0 spiro atoms. The number of ether oxygens (including phenoxy) is 2. The van der Waals surface area contributed by atoms with Crippen LogP contribution in [0.25, 0.3) is 0 Å². The van der Waals surface area contributed by atoms with Crippen molar-refractivity contribution in [3.05, 3.63) is 17.7 Å². The van der Waals surface area contributed by atoms with Gasteiger partial charge in [-0.25, -0.2) is 0 Å². The quantitative estimate of drug-likeness (QED) is 0.607. The molecule has 18 heavy (non-hydrogen) atoms. The summed E-state index contributed by atoms with van der Waals surface area (Å²) in [4.78, 5) is 1.20. The molecule has 0 saturated heterocycles. The Balaban J connectivity index is 2.07. The first-order chi connectivity index (χ1) is 8.85. The Morgan fingerprint density at radius 2 is 2.00 bits per heavy atom. The summed E-state index contributed by atoms with van der Waals surface area (Å²) in [6.45, 7) is 3.06. The molecule has 0 atom stereocenters. The molecule has 0 radical (unpaired) electrons. The third kappa shape index (κ3) is 3.31. The zero-order chi connectivity index (χ0) is 12.8. The summed E-state index contributed by atoms with van der Waals surface area (Å²) in [6, 6.07) is 4.09. The maximum atomic E-state index is 8.74. The molecule has 1 aliphatic rings. The first kappa shape index (κ1) is 13.5. The van der Waals surface area contributed by atoms with Crippen molar-refractivity contribution in [2.24, 2.45) is 0 Å². The van der Waals surface area contributed by atoms with E-state index in [2.05, 4.69) is 11.6 Å². The number of fused-ring (bicyclic) bond motifs is 1. The number of hydrogen-bond acceptors (Lipinski definition) is 5. The van der Waals surface area contributed by atoms with E-state index < -0.39 is 0 Å². The van der Waals surface area contributed by atoms with E-state index in [1.807, 2.05) is 12.1 Å². The predicted molar refractivity (Wildman–Crippen MR) is 72.6 cm³/mol. The minimum absolute atomic E-state index is 0.226. The second-order valence-corrected chi connectivity index (χ2v) is 4.91. The molecule has 0 fully saturated rings. The Bertz CT molecular complexity index is 398. The van der Waals surface area contributed by atoms with Gasteiger partial charge < -0.3 is 19.9 Å². The van der Waals surface area contributed by atoms with E-state index in [0.29, 0.717) is 13.2 Å². The summed E-state index contributed by atoms with van der Waals surface area (Å²) >= 11 is 1.71. The molecule has 1 aromatic rings. The van der Waals surface area contributed by atoms with Crippen molar-refractivity contribution in [1.82, 2.24) is 5.32 Å². The maximum absolute atomic E-state index is 8.74. The summed E-state index contributed by atoms with van der Waals surface area (Å²) in [5, 5.41) is 12.1. The first-order valence-corrected chi connectivity index (χ1v) is 7.35. The molecule has 0 aromatic heterocycles. The number of benzene rings is 1. The van der Waals surface area contributed by atoms with Crippen LogP contribution in [0.5, 0.6) is 11.5 Å². The van der Waals surface area contributed by atoms with Crippen LogP contribution in [0.4, 0.5) is 0 Å². The molecule has 0 unspecified atom stereocenters. The van der Waals surface area contributed by atoms with Crippen molar-refractivity contribution in [1.29, 1.82) is 0 Å². The van der Waals surface area contributed by atoms with Gasteiger partial charge in [-0.1, -0.05) is 0 Å². The van der Waals surface area contributed by atoms with Crippen molar-refractivity contribution in [3.8, 4) is 11.5 Å². The van der Waals surface area contributed by atoms with Crippen LogP contribution in [0.15, 0.2) is 17.0 Å². The fourth-order valence-corrected chi connectivity index (χ4v) is 2.49. The maximum Gasteiger partial charge on any atom is 0.162 e. The monoisotopic (exact) mass is 269 g/mol. The van der Waals surface area contributed by atoms with Gasteiger partial charge in [-0.2, -0.15) is 0 Å². The van der Waals surface area contributed by atoms with Crippen molar-refractivity contribution < 1.29 is 14.6 Å². The molecule has 4 nitrogen and oxygen atoms in total. The van der Waals surface area contributed by atoms with Gasteiger partial charge in [0.25, 0.3) is 0 Å². The largest absolute Gasteiger partial charge is 0.486 e. The highest BCUT2D eigenvalue weighted by Crippen LogP contribution is 2.36. The van der Waals surface area contributed by atoms with E-state index in [0.717, 1.165) is 31.0 Å². The fourth-order valence-electron chi connectivity index (χ4n) is 1.87. The van der Waals surface area contributed by atoms with Crippen LogP contribution in [-0.4, -0.2) is 37.7 Å². The molecule has 0 aliphatic carbocycles. The molecule has 1 aliphatic heterocycles. The number of aliphatic hydroxyl groups is 1. The number of rotatable bonds is 6. The molecule has 2 rings (SSSR count). The van der Waals surface area contributed by atoms with Crippen LogP contribution < -0.4 is 14.8 Å². The summed E-state index contributed by atoms with van der Waals surface area (Å²) in [7, 11) is 0. The molecule has 100 valence electrons. The van der Waals surface area contributed by atoms with Crippen molar-refractivity contribution in [2.75, 3.05) is 32.6 Å². The zero-order valence-corrected chi connectivity index (χ0v) is 11.4. The normalized spacial score (nSPS) is 13.7. The van der Waals surface area contributed by atoms with Gasteiger partial charge in [0, 0.05) is 18.0 Å². The number of thioether (sulfide) groups is 1. The Kier molecular flexibility index (Phi) is 5.16. The van der Waals surface area contributed by atoms with Gasteiger partial charge in [0.05, 0.1) is 0 Å². The second kappa shape index (κ2) is 6.87. The van der Waals surface area contributed by atoms with Gasteiger partial charge in [-0.15, -0.1) is 11.8 Å². The molecular formula is C13H19NO3S. The third-order valence-electron chi connectivity index (χ3n) is 2.77. The smallest absolute Gasteiger partial charge is 0.162 e. The van der Waals surface area contributed by atoms with E-state index in [4.69, 9.17) is 14.6 Å². The Morgan fingerprint density at radius 3 is 2.67 bits per heavy atom. The Morgan fingerprint density at radius 1 is 1.28 bits per heavy atom. The highest BCUT2D eigenvalue weighted by atomic mass is 32.2. The predicted octanol–water partition coefficient (Wildman–Crippen LogP) is 1.65. The van der Waals surface area contributed by atoms with Crippen molar-refractivity contribution in [2.45, 2.75) is 17.9 Å². The fraction of sp³-hybridized carbons (Fsp3) is 0.538. The third-order valence-corrected chi connectivity index (χ3v) is 3.59. The molecular weight excluding hydrogens is 250 g/mol. The lowest BCUT2D eigenvalue weighted by molar-refractivity contribution is 0.171. The molecule has 0 saturated carbocycles. The lowest BCUT2D eigenvalue weighted by Crippen LogP contribution is -2.18. The highest BCUT2D eigenvalue weighted by molar-refractivity contribution is 7.98. The molecule has 5 heteroatoms. The van der Waals surface area contributed by atoms with Crippen LogP contribution in [-0.2, 0) is 6.54 Å². The van der Waals surface area contributed by atoms with E-state index in [1.165, 1.54) is 10.5 Å². The topological polar surface area (TPSA) is 50.7 Å². The molecule has 1 aromatic carbocycles. The van der Waals surface area contributed by atoms with Gasteiger partial charge in [0.1, 0.15) is 13.2 Å². The zero-order valence-electron chi connectivity index (χ0n) is 10.6. The van der Waals surface area contributed by atoms with Crippen LogP contribution in [0.2, 0.25) is 0 Å². The van der Waals surface area contributed by atoms with E-state index >= 15 is 0 Å². The van der Waals surface area contributed by atoms with E-state index in [9.17, 15) is 0 Å². The SMILES string of the molecule is CSc1cc2c(cc1CNCCCO)OCCO2. The standard InChI is InChI=1S/C13H19NO3S/c1-18-13-8-12-11(16-5-6-17-12)7-10(13)9-14-3-2-4-15/h7-8,14-15H,2-6,9H2,1H3.